The average molecular weight is 441 g/mol. The van der Waals surface area contributed by atoms with Crippen molar-refractivity contribution in [3.05, 3.63) is 29.8 Å². The lowest BCUT2D eigenvalue weighted by Gasteiger charge is -2.38. The quantitative estimate of drug-likeness (QED) is 0.688. The zero-order valence-corrected chi connectivity index (χ0v) is 18.7. The number of hydrogen-bond acceptors (Lipinski definition) is 5. The number of likely N-dealkylation sites (tertiary alicyclic amines) is 1. The molecule has 4 aliphatic heterocycles. The van der Waals surface area contributed by atoms with E-state index in [9.17, 15) is 9.59 Å². The van der Waals surface area contributed by atoms with Crippen LogP contribution in [-0.2, 0) is 19.9 Å². The maximum Gasteiger partial charge on any atom is 0.290 e. The molecule has 1 saturated carbocycles. The Kier molecular flexibility index (Phi) is 5.25. The van der Waals surface area contributed by atoms with Crippen molar-refractivity contribution in [3.63, 3.8) is 0 Å². The van der Waals surface area contributed by atoms with Gasteiger partial charge in [0.25, 0.3) is 6.47 Å². The standard InChI is InChI=1S/C23H30N4O2.CH2O2/c1-25(2)11-15-16-12-26(13-17(15)16)21(28)19-10-14-6-5-9-27(14)23(19)18-7-3-4-8-20(18)24-22(23)29;2-1-3/h3-4,7-8,14-17,19H,5-6,9-13H2,1-2H3,(H,24,29);1H,(H,2,3)/t14-,15?,16-,17+,19+,23+;/m1./s1. The van der Waals surface area contributed by atoms with E-state index in [-0.39, 0.29) is 24.2 Å². The summed E-state index contributed by atoms with van der Waals surface area (Å²) >= 11 is 0. The summed E-state index contributed by atoms with van der Waals surface area (Å²) in [5.74, 6) is 2.01. The second-order valence-corrected chi connectivity index (χ2v) is 10.1. The summed E-state index contributed by atoms with van der Waals surface area (Å²) in [4.78, 5) is 42.3. The molecule has 8 nitrogen and oxygen atoms in total. The first-order chi connectivity index (χ1) is 15.4. The maximum atomic E-state index is 13.8. The van der Waals surface area contributed by atoms with E-state index in [1.54, 1.807) is 0 Å². The number of hydrogen-bond donors (Lipinski definition) is 2. The molecule has 6 rings (SSSR count). The van der Waals surface area contributed by atoms with Gasteiger partial charge < -0.3 is 20.2 Å². The summed E-state index contributed by atoms with van der Waals surface area (Å²) in [6.07, 6.45) is 3.02. The normalized spacial score (nSPS) is 36.4. The minimum Gasteiger partial charge on any atom is -0.483 e. The first-order valence-corrected chi connectivity index (χ1v) is 11.6. The molecular formula is C24H32N4O4. The van der Waals surface area contributed by atoms with Crippen LogP contribution in [0.2, 0.25) is 0 Å². The minimum absolute atomic E-state index is 0.0105. The van der Waals surface area contributed by atoms with Gasteiger partial charge in [0, 0.05) is 36.9 Å². The van der Waals surface area contributed by atoms with Crippen LogP contribution in [0.3, 0.4) is 0 Å². The van der Waals surface area contributed by atoms with Crippen molar-refractivity contribution in [1.82, 2.24) is 14.7 Å². The van der Waals surface area contributed by atoms with E-state index in [4.69, 9.17) is 9.90 Å². The third kappa shape index (κ3) is 2.99. The molecule has 2 amide bonds. The van der Waals surface area contributed by atoms with Gasteiger partial charge in [-0.25, -0.2) is 0 Å². The van der Waals surface area contributed by atoms with Crippen molar-refractivity contribution in [2.75, 3.05) is 45.6 Å². The Labute approximate surface area is 188 Å². The van der Waals surface area contributed by atoms with Gasteiger partial charge >= 0.3 is 0 Å². The molecule has 0 aromatic heterocycles. The van der Waals surface area contributed by atoms with E-state index in [1.165, 1.54) is 0 Å². The van der Waals surface area contributed by atoms with Gasteiger partial charge in [0.05, 0.1) is 5.92 Å². The van der Waals surface area contributed by atoms with Gasteiger partial charge in [-0.05, 0) is 63.7 Å². The van der Waals surface area contributed by atoms with Gasteiger partial charge in [-0.1, -0.05) is 18.2 Å². The molecule has 0 radical (unpaired) electrons. The highest BCUT2D eigenvalue weighted by Gasteiger charge is 2.67. The Balaban J connectivity index is 0.000000684. The number of amides is 2. The number of nitrogens with one attached hydrogen (secondary N) is 1. The van der Waals surface area contributed by atoms with Crippen molar-refractivity contribution in [1.29, 1.82) is 0 Å². The highest BCUT2D eigenvalue weighted by atomic mass is 16.3. The van der Waals surface area contributed by atoms with Gasteiger partial charge in [0.2, 0.25) is 11.8 Å². The molecule has 32 heavy (non-hydrogen) atoms. The van der Waals surface area contributed by atoms with Gasteiger partial charge in [0.15, 0.2) is 0 Å². The first kappa shape index (κ1) is 21.4. The second-order valence-electron chi connectivity index (χ2n) is 10.1. The number of carbonyl (C=O) groups excluding carboxylic acids is 2. The average Bonchev–Trinajstić information content (AvgIpc) is 3.26. The van der Waals surface area contributed by atoms with E-state index in [0.29, 0.717) is 17.9 Å². The highest BCUT2D eigenvalue weighted by Crippen LogP contribution is 2.57. The van der Waals surface area contributed by atoms with Gasteiger partial charge in [-0.3, -0.25) is 19.3 Å². The van der Waals surface area contributed by atoms with E-state index in [1.807, 2.05) is 18.2 Å². The summed E-state index contributed by atoms with van der Waals surface area (Å²) in [7, 11) is 4.26. The highest BCUT2D eigenvalue weighted by molar-refractivity contribution is 6.09. The van der Waals surface area contributed by atoms with E-state index in [2.05, 4.69) is 40.2 Å². The number of piperidine rings is 1. The molecule has 1 aromatic rings. The van der Waals surface area contributed by atoms with Crippen molar-refractivity contribution < 1.29 is 19.5 Å². The molecule has 1 aliphatic carbocycles. The number of nitrogens with zero attached hydrogens (tertiary/aromatic N) is 3. The predicted molar refractivity (Wildman–Crippen MR) is 119 cm³/mol. The van der Waals surface area contributed by atoms with Crippen molar-refractivity contribution >= 4 is 24.0 Å². The Morgan fingerprint density at radius 1 is 1.28 bits per heavy atom. The monoisotopic (exact) mass is 440 g/mol. The summed E-state index contributed by atoms with van der Waals surface area (Å²) < 4.78 is 0. The summed E-state index contributed by atoms with van der Waals surface area (Å²) in [5, 5.41) is 10.00. The van der Waals surface area contributed by atoms with Crippen LogP contribution >= 0.6 is 0 Å². The van der Waals surface area contributed by atoms with E-state index >= 15 is 0 Å². The third-order valence-electron chi connectivity index (χ3n) is 8.33. The van der Waals surface area contributed by atoms with Crippen LogP contribution in [0.5, 0.6) is 0 Å². The molecule has 4 heterocycles. The Morgan fingerprint density at radius 3 is 2.66 bits per heavy atom. The van der Waals surface area contributed by atoms with Crippen molar-refractivity contribution in [2.24, 2.45) is 23.7 Å². The van der Waals surface area contributed by atoms with Gasteiger partial charge in [0.1, 0.15) is 5.54 Å². The third-order valence-corrected chi connectivity index (χ3v) is 8.33. The van der Waals surface area contributed by atoms with Crippen molar-refractivity contribution in [3.8, 4) is 0 Å². The van der Waals surface area contributed by atoms with Crippen LogP contribution in [0, 0.1) is 23.7 Å². The number of fused-ring (bicyclic) bond motifs is 5. The molecule has 4 fully saturated rings. The molecule has 0 bridgehead atoms. The Morgan fingerprint density at radius 2 is 1.97 bits per heavy atom. The van der Waals surface area contributed by atoms with Crippen LogP contribution in [0.4, 0.5) is 5.69 Å². The first-order valence-electron chi connectivity index (χ1n) is 11.6. The van der Waals surface area contributed by atoms with Gasteiger partial charge in [-0.2, -0.15) is 0 Å². The molecule has 1 aromatic carbocycles. The molecular weight excluding hydrogens is 408 g/mol. The molecule has 172 valence electrons. The van der Waals surface area contributed by atoms with E-state index in [0.717, 1.165) is 62.6 Å². The van der Waals surface area contributed by atoms with Crippen LogP contribution in [0.1, 0.15) is 24.8 Å². The van der Waals surface area contributed by atoms with Crippen LogP contribution in [0.15, 0.2) is 24.3 Å². The number of benzene rings is 1. The van der Waals surface area contributed by atoms with Gasteiger partial charge in [-0.15, -0.1) is 0 Å². The minimum atomic E-state index is -0.801. The zero-order valence-electron chi connectivity index (χ0n) is 18.7. The van der Waals surface area contributed by atoms with Crippen molar-refractivity contribution in [2.45, 2.75) is 30.8 Å². The Bertz CT molecular complexity index is 924. The lowest BCUT2D eigenvalue weighted by atomic mass is 9.78. The molecule has 5 aliphatic rings. The fourth-order valence-corrected chi connectivity index (χ4v) is 7.11. The number of para-hydroxylation sites is 1. The fourth-order valence-electron chi connectivity index (χ4n) is 7.11. The zero-order chi connectivity index (χ0) is 22.6. The number of anilines is 1. The molecule has 1 unspecified atom stereocenters. The molecule has 3 saturated heterocycles. The smallest absolute Gasteiger partial charge is 0.290 e. The summed E-state index contributed by atoms with van der Waals surface area (Å²) in [6.45, 7) is 3.54. The van der Waals surface area contributed by atoms with Crippen LogP contribution in [-0.4, -0.2) is 84.4 Å². The largest absolute Gasteiger partial charge is 0.483 e. The summed E-state index contributed by atoms with van der Waals surface area (Å²) in [6, 6.07) is 8.35. The molecule has 1 spiro atoms. The lowest BCUT2D eigenvalue weighted by molar-refractivity contribution is -0.144. The topological polar surface area (TPSA) is 93.2 Å². The lowest BCUT2D eigenvalue weighted by Crippen LogP contribution is -2.55. The maximum absolute atomic E-state index is 13.8. The second kappa shape index (κ2) is 7.85. The molecule has 6 atom stereocenters. The van der Waals surface area contributed by atoms with E-state index < -0.39 is 5.54 Å². The molecule has 2 N–H and O–H groups in total. The number of rotatable bonds is 3. The fraction of sp³-hybridized carbons (Fsp3) is 0.625. The number of carbonyl (C=O) groups is 3. The molecule has 8 heteroatoms. The number of carboxylic acid groups (broad SMARTS) is 1. The van der Waals surface area contributed by atoms with Crippen LogP contribution < -0.4 is 5.32 Å². The summed E-state index contributed by atoms with van der Waals surface area (Å²) in [5.41, 5.74) is 1.10. The SMILES string of the molecule is CN(C)CC1[C@H]2CN(C(=O)[C@@H]3C[C@H]4CCCN4[C@]34C(=O)Nc3ccccc34)C[C@@H]12.O=CO. The van der Waals surface area contributed by atoms with Crippen LogP contribution in [0.25, 0.3) is 0 Å². The Hall–Kier alpha value is -2.45. The predicted octanol–water partition coefficient (Wildman–Crippen LogP) is 1.29.